The largest absolute Gasteiger partial charge is 0.379 e. The van der Waals surface area contributed by atoms with Gasteiger partial charge in [-0.3, -0.25) is 15.8 Å². The number of morpholine rings is 1. The van der Waals surface area contributed by atoms with Gasteiger partial charge in [-0.2, -0.15) is 0 Å². The van der Waals surface area contributed by atoms with Gasteiger partial charge >= 0.3 is 0 Å². The van der Waals surface area contributed by atoms with Crippen molar-refractivity contribution in [3.8, 4) is 0 Å². The van der Waals surface area contributed by atoms with Gasteiger partial charge in [0.1, 0.15) is 0 Å². The molecule has 0 unspecified atom stereocenters. The van der Waals surface area contributed by atoms with E-state index < -0.39 is 0 Å². The Morgan fingerprint density at radius 3 is 2.22 bits per heavy atom. The molecule has 0 aliphatic carbocycles. The van der Waals surface area contributed by atoms with E-state index >= 15 is 0 Å². The highest BCUT2D eigenvalue weighted by Crippen LogP contribution is 2.06. The lowest BCUT2D eigenvalue weighted by atomic mass is 10.4. The van der Waals surface area contributed by atoms with Crippen molar-refractivity contribution >= 4 is 0 Å². The third kappa shape index (κ3) is 5.63. The van der Waals surface area contributed by atoms with Crippen LogP contribution in [0.1, 0.15) is 19.3 Å². The van der Waals surface area contributed by atoms with Crippen molar-refractivity contribution in [2.45, 2.75) is 19.3 Å². The summed E-state index contributed by atoms with van der Waals surface area (Å²) in [4.78, 5) is 5.01. The highest BCUT2D eigenvalue weighted by Gasteiger charge is 2.10. The molecule has 106 valence electrons. The Morgan fingerprint density at radius 2 is 1.44 bits per heavy atom. The molecule has 0 atom stereocenters. The Bertz CT molecular complexity index is 203. The number of hydrogen-bond acceptors (Lipinski definition) is 5. The molecule has 0 amide bonds. The van der Waals surface area contributed by atoms with Crippen molar-refractivity contribution in [3.63, 3.8) is 0 Å². The van der Waals surface area contributed by atoms with E-state index in [2.05, 4.69) is 20.7 Å². The molecule has 2 N–H and O–H groups in total. The Hall–Kier alpha value is -0.200. The van der Waals surface area contributed by atoms with Crippen molar-refractivity contribution in [2.75, 3.05) is 65.6 Å². The molecule has 5 heteroatoms. The molecule has 2 aliphatic rings. The summed E-state index contributed by atoms with van der Waals surface area (Å²) >= 11 is 0. The van der Waals surface area contributed by atoms with Crippen LogP contribution in [0.25, 0.3) is 0 Å². The van der Waals surface area contributed by atoms with E-state index in [1.807, 2.05) is 0 Å². The third-order valence-corrected chi connectivity index (χ3v) is 3.76. The molecule has 0 bridgehead atoms. The average Bonchev–Trinajstić information content (AvgIpc) is 2.92. The van der Waals surface area contributed by atoms with Gasteiger partial charge in [-0.1, -0.05) is 0 Å². The molecule has 0 aromatic carbocycles. The summed E-state index contributed by atoms with van der Waals surface area (Å²) in [7, 11) is 0. The fourth-order valence-corrected chi connectivity index (χ4v) is 2.61. The summed E-state index contributed by atoms with van der Waals surface area (Å²) in [6.07, 6.45) is 4.03. The third-order valence-electron chi connectivity index (χ3n) is 3.76. The topological polar surface area (TPSA) is 39.8 Å². The molecule has 2 saturated heterocycles. The van der Waals surface area contributed by atoms with Crippen LogP contribution in [0.2, 0.25) is 0 Å². The van der Waals surface area contributed by atoms with Gasteiger partial charge in [0.2, 0.25) is 0 Å². The van der Waals surface area contributed by atoms with Crippen LogP contribution >= 0.6 is 0 Å². The minimum atomic E-state index is 0.892. The molecule has 2 fully saturated rings. The number of hydrogen-bond donors (Lipinski definition) is 2. The van der Waals surface area contributed by atoms with Crippen LogP contribution < -0.4 is 10.9 Å². The van der Waals surface area contributed by atoms with Gasteiger partial charge < -0.3 is 9.64 Å². The van der Waals surface area contributed by atoms with Gasteiger partial charge in [-0.15, -0.1) is 0 Å². The van der Waals surface area contributed by atoms with Crippen LogP contribution in [0.3, 0.4) is 0 Å². The van der Waals surface area contributed by atoms with Crippen LogP contribution in [-0.2, 0) is 4.74 Å². The zero-order valence-corrected chi connectivity index (χ0v) is 11.5. The summed E-state index contributed by atoms with van der Waals surface area (Å²) in [5.41, 5.74) is 6.62. The number of hydrazine groups is 1. The second-order valence-corrected chi connectivity index (χ2v) is 5.21. The first-order chi connectivity index (χ1) is 8.95. The predicted octanol–water partition coefficient (Wildman–Crippen LogP) is -0.101. The summed E-state index contributed by atoms with van der Waals surface area (Å²) in [5.74, 6) is 0. The van der Waals surface area contributed by atoms with Crippen LogP contribution in [0.15, 0.2) is 0 Å². The van der Waals surface area contributed by atoms with Gasteiger partial charge in [-0.25, -0.2) is 0 Å². The van der Waals surface area contributed by atoms with Crippen LogP contribution in [0, 0.1) is 0 Å². The van der Waals surface area contributed by atoms with Gasteiger partial charge in [-0.05, 0) is 38.9 Å². The maximum atomic E-state index is 5.33. The van der Waals surface area contributed by atoms with Crippen molar-refractivity contribution in [2.24, 2.45) is 0 Å². The highest BCUT2D eigenvalue weighted by atomic mass is 16.5. The van der Waals surface area contributed by atoms with Gasteiger partial charge in [0.15, 0.2) is 0 Å². The first-order valence-electron chi connectivity index (χ1n) is 7.43. The molecular formula is C13H28N4O. The monoisotopic (exact) mass is 256 g/mol. The Labute approximate surface area is 111 Å². The molecule has 18 heavy (non-hydrogen) atoms. The normalized spacial score (nSPS) is 22.7. The number of rotatable bonds is 8. The summed E-state index contributed by atoms with van der Waals surface area (Å²) in [6.45, 7) is 11.0. The summed E-state index contributed by atoms with van der Waals surface area (Å²) in [5, 5.41) is 0. The first-order valence-corrected chi connectivity index (χ1v) is 7.43. The number of ether oxygens (including phenoxy) is 1. The van der Waals surface area contributed by atoms with Gasteiger partial charge in [0.05, 0.1) is 13.2 Å². The molecule has 0 spiro atoms. The lowest BCUT2D eigenvalue weighted by Crippen LogP contribution is -2.43. The van der Waals surface area contributed by atoms with Crippen molar-refractivity contribution in [1.29, 1.82) is 0 Å². The number of nitrogens with one attached hydrogen (secondary N) is 2. The van der Waals surface area contributed by atoms with E-state index in [1.54, 1.807) is 0 Å². The molecule has 2 rings (SSSR count). The summed E-state index contributed by atoms with van der Waals surface area (Å²) in [6, 6.07) is 0. The number of likely N-dealkylation sites (tertiary alicyclic amines) is 1. The molecule has 0 aromatic heterocycles. The average molecular weight is 256 g/mol. The first kappa shape index (κ1) is 14.2. The van der Waals surface area contributed by atoms with E-state index in [0.717, 1.165) is 45.9 Å². The van der Waals surface area contributed by atoms with E-state index in [4.69, 9.17) is 4.74 Å². The highest BCUT2D eigenvalue weighted by molar-refractivity contribution is 4.66. The fraction of sp³-hybridized carbons (Fsp3) is 1.00. The van der Waals surface area contributed by atoms with E-state index in [-0.39, 0.29) is 0 Å². The standard InChI is InChI=1S/C13H28N4O/c1-2-7-16(6-1)8-3-4-14-15-5-9-17-10-12-18-13-11-17/h14-15H,1-13H2. The predicted molar refractivity (Wildman–Crippen MR) is 73.6 cm³/mol. The quantitative estimate of drug-likeness (QED) is 0.469. The van der Waals surface area contributed by atoms with Crippen molar-refractivity contribution in [1.82, 2.24) is 20.7 Å². The molecule has 0 radical (unpaired) electrons. The number of nitrogens with zero attached hydrogens (tertiary/aromatic N) is 2. The van der Waals surface area contributed by atoms with E-state index in [1.165, 1.54) is 38.9 Å². The molecule has 0 saturated carbocycles. The maximum absolute atomic E-state index is 5.33. The smallest absolute Gasteiger partial charge is 0.0594 e. The van der Waals surface area contributed by atoms with Gasteiger partial charge in [0, 0.05) is 32.7 Å². The minimum absolute atomic E-state index is 0.892. The zero-order chi connectivity index (χ0) is 12.5. The Kier molecular flexibility index (Phi) is 6.97. The molecule has 0 aromatic rings. The molecule has 2 aliphatic heterocycles. The molecule has 2 heterocycles. The fourth-order valence-electron chi connectivity index (χ4n) is 2.61. The second-order valence-electron chi connectivity index (χ2n) is 5.21. The van der Waals surface area contributed by atoms with Gasteiger partial charge in [0.25, 0.3) is 0 Å². The Balaban J connectivity index is 1.35. The minimum Gasteiger partial charge on any atom is -0.379 e. The van der Waals surface area contributed by atoms with Crippen LogP contribution in [-0.4, -0.2) is 75.4 Å². The zero-order valence-electron chi connectivity index (χ0n) is 11.5. The maximum Gasteiger partial charge on any atom is 0.0594 e. The Morgan fingerprint density at radius 1 is 0.778 bits per heavy atom. The van der Waals surface area contributed by atoms with Crippen molar-refractivity contribution in [3.05, 3.63) is 0 Å². The lowest BCUT2D eigenvalue weighted by molar-refractivity contribution is 0.0380. The molecular weight excluding hydrogens is 228 g/mol. The van der Waals surface area contributed by atoms with Crippen molar-refractivity contribution < 1.29 is 4.74 Å². The summed E-state index contributed by atoms with van der Waals surface area (Å²) < 4.78 is 5.33. The van der Waals surface area contributed by atoms with Crippen LogP contribution in [0.5, 0.6) is 0 Å². The van der Waals surface area contributed by atoms with E-state index in [0.29, 0.717) is 0 Å². The second kappa shape index (κ2) is 8.82. The van der Waals surface area contributed by atoms with Crippen LogP contribution in [0.4, 0.5) is 0 Å². The lowest BCUT2D eigenvalue weighted by Gasteiger charge is -2.26. The SMILES string of the molecule is C1CCN(CCCNNCCN2CCOCC2)C1. The molecule has 5 nitrogen and oxygen atoms in total. The van der Waals surface area contributed by atoms with E-state index in [9.17, 15) is 0 Å².